The zero-order chi connectivity index (χ0) is 26.2. The van der Waals surface area contributed by atoms with Gasteiger partial charge >= 0.3 is 0 Å². The minimum Gasteiger partial charge on any atom is -0.497 e. The second kappa shape index (κ2) is 12.4. The predicted molar refractivity (Wildman–Crippen MR) is 131 cm³/mol. The number of rotatable bonds is 12. The summed E-state index contributed by atoms with van der Waals surface area (Å²) in [5.74, 6) is -0.750. The topological polar surface area (TPSA) is 105 Å². The molecule has 0 saturated carbocycles. The van der Waals surface area contributed by atoms with E-state index in [-0.39, 0.29) is 23.9 Å². The summed E-state index contributed by atoms with van der Waals surface area (Å²) >= 11 is 0. The molecular formula is C24H32FN3O6S. The Balaban J connectivity index is 2.49. The first kappa shape index (κ1) is 27.9. The number of nitrogens with one attached hydrogen (secondary N) is 1. The van der Waals surface area contributed by atoms with Gasteiger partial charge in [-0.05, 0) is 43.2 Å². The largest absolute Gasteiger partial charge is 0.497 e. The van der Waals surface area contributed by atoms with Crippen LogP contribution in [-0.2, 0) is 26.2 Å². The van der Waals surface area contributed by atoms with Crippen LogP contribution in [0.4, 0.5) is 10.1 Å². The lowest BCUT2D eigenvalue weighted by atomic mass is 10.1. The van der Waals surface area contributed by atoms with E-state index in [1.807, 2.05) is 0 Å². The van der Waals surface area contributed by atoms with Gasteiger partial charge in [-0.1, -0.05) is 19.1 Å². The maximum atomic E-state index is 13.6. The first-order valence-corrected chi connectivity index (χ1v) is 12.9. The van der Waals surface area contributed by atoms with Crippen molar-refractivity contribution < 1.29 is 31.9 Å². The highest BCUT2D eigenvalue weighted by Gasteiger charge is 2.32. The molecule has 192 valence electrons. The van der Waals surface area contributed by atoms with Crippen LogP contribution in [0, 0.1) is 5.82 Å². The third kappa shape index (κ3) is 7.32. The van der Waals surface area contributed by atoms with Crippen LogP contribution in [0.5, 0.6) is 11.5 Å². The average Bonchev–Trinajstić information content (AvgIpc) is 2.82. The normalized spacial score (nSPS) is 11.9. The molecule has 0 saturated heterocycles. The molecule has 9 nitrogen and oxygen atoms in total. The maximum Gasteiger partial charge on any atom is 0.244 e. The molecule has 0 aliphatic heterocycles. The molecule has 2 aromatic rings. The molecule has 0 radical (unpaired) electrons. The predicted octanol–water partition coefficient (Wildman–Crippen LogP) is 2.55. The summed E-state index contributed by atoms with van der Waals surface area (Å²) in [6, 6.07) is 9.25. The Labute approximate surface area is 205 Å². The SMILES string of the molecule is CCNC(=O)[C@@H](CC)N(Cc1ccc(F)cc1)C(=O)CN(c1ccc(OC)cc1OC)S(C)(=O)=O. The molecule has 2 rings (SSSR count). The molecule has 0 fully saturated rings. The Morgan fingerprint density at radius 1 is 1.06 bits per heavy atom. The summed E-state index contributed by atoms with van der Waals surface area (Å²) in [6.07, 6.45) is 1.28. The number of anilines is 1. The Hall–Kier alpha value is -3.34. The number of methoxy groups -OCH3 is 2. The number of amides is 2. The first-order valence-electron chi connectivity index (χ1n) is 11.1. The van der Waals surface area contributed by atoms with Gasteiger partial charge in [0.05, 0.1) is 26.2 Å². The number of likely N-dealkylation sites (N-methyl/N-ethyl adjacent to an activating group) is 1. The van der Waals surface area contributed by atoms with Crippen molar-refractivity contribution in [2.75, 3.05) is 37.9 Å². The minimum absolute atomic E-state index is 0.00783. The first-order chi connectivity index (χ1) is 16.5. The average molecular weight is 510 g/mol. The molecule has 35 heavy (non-hydrogen) atoms. The van der Waals surface area contributed by atoms with Gasteiger partial charge in [0.1, 0.15) is 29.9 Å². The highest BCUT2D eigenvalue weighted by molar-refractivity contribution is 7.92. The molecule has 1 N–H and O–H groups in total. The van der Waals surface area contributed by atoms with E-state index >= 15 is 0 Å². The van der Waals surface area contributed by atoms with E-state index < -0.39 is 34.3 Å². The Bertz CT molecular complexity index is 1120. The van der Waals surface area contributed by atoms with Gasteiger partial charge in [0.2, 0.25) is 21.8 Å². The molecular weight excluding hydrogens is 477 g/mol. The Morgan fingerprint density at radius 3 is 2.23 bits per heavy atom. The molecule has 0 bridgehead atoms. The number of hydrogen-bond donors (Lipinski definition) is 1. The van der Waals surface area contributed by atoms with E-state index in [2.05, 4.69) is 5.32 Å². The van der Waals surface area contributed by atoms with Crippen LogP contribution in [0.25, 0.3) is 0 Å². The quantitative estimate of drug-likeness (QED) is 0.472. The van der Waals surface area contributed by atoms with Crippen LogP contribution in [0.3, 0.4) is 0 Å². The van der Waals surface area contributed by atoms with Crippen LogP contribution in [-0.4, -0.2) is 64.7 Å². The lowest BCUT2D eigenvalue weighted by Gasteiger charge is -2.33. The second-order valence-corrected chi connectivity index (χ2v) is 9.68. The zero-order valence-electron chi connectivity index (χ0n) is 20.6. The van der Waals surface area contributed by atoms with Crippen molar-refractivity contribution >= 4 is 27.5 Å². The van der Waals surface area contributed by atoms with Crippen molar-refractivity contribution in [2.24, 2.45) is 0 Å². The Kier molecular flexibility index (Phi) is 9.88. The monoisotopic (exact) mass is 509 g/mol. The number of carbonyl (C=O) groups is 2. The van der Waals surface area contributed by atoms with E-state index in [1.165, 1.54) is 55.5 Å². The van der Waals surface area contributed by atoms with Gasteiger partial charge < -0.3 is 19.7 Å². The van der Waals surface area contributed by atoms with Gasteiger partial charge in [-0.25, -0.2) is 12.8 Å². The van der Waals surface area contributed by atoms with E-state index in [0.29, 0.717) is 24.3 Å². The molecule has 11 heteroatoms. The molecule has 0 heterocycles. The highest BCUT2D eigenvalue weighted by Crippen LogP contribution is 2.33. The van der Waals surface area contributed by atoms with E-state index in [4.69, 9.17) is 9.47 Å². The Morgan fingerprint density at radius 2 is 1.71 bits per heavy atom. The standard InChI is InChI=1S/C24H32FN3O6S/c1-6-20(24(30)26-7-2)27(15-17-8-10-18(25)11-9-17)23(29)16-28(35(5,31)32)21-13-12-19(33-3)14-22(21)34-4/h8-14,20H,6-7,15-16H2,1-5H3,(H,26,30)/t20-/m1/s1. The number of nitrogens with zero attached hydrogens (tertiary/aromatic N) is 2. The van der Waals surface area contributed by atoms with Gasteiger partial charge in [-0.3, -0.25) is 13.9 Å². The third-order valence-electron chi connectivity index (χ3n) is 5.34. The molecule has 0 aliphatic carbocycles. The fourth-order valence-corrected chi connectivity index (χ4v) is 4.44. The maximum absolute atomic E-state index is 13.6. The summed E-state index contributed by atoms with van der Waals surface area (Å²) in [7, 11) is -1.08. The highest BCUT2D eigenvalue weighted by atomic mass is 32.2. The van der Waals surface area contributed by atoms with Gasteiger partial charge in [0.25, 0.3) is 0 Å². The van der Waals surface area contributed by atoms with Crippen molar-refractivity contribution in [1.29, 1.82) is 0 Å². The van der Waals surface area contributed by atoms with E-state index in [9.17, 15) is 22.4 Å². The van der Waals surface area contributed by atoms with E-state index in [0.717, 1.165) is 10.6 Å². The van der Waals surface area contributed by atoms with Crippen LogP contribution in [0.15, 0.2) is 42.5 Å². The molecule has 0 spiro atoms. The fourth-order valence-electron chi connectivity index (χ4n) is 3.58. The summed E-state index contributed by atoms with van der Waals surface area (Å²) in [6.45, 7) is 3.31. The smallest absolute Gasteiger partial charge is 0.244 e. The van der Waals surface area contributed by atoms with Gasteiger partial charge in [0.15, 0.2) is 0 Å². The molecule has 0 aliphatic rings. The zero-order valence-corrected chi connectivity index (χ0v) is 21.4. The van der Waals surface area contributed by atoms with Crippen molar-refractivity contribution in [2.45, 2.75) is 32.9 Å². The molecule has 0 unspecified atom stereocenters. The molecule has 0 aromatic heterocycles. The summed E-state index contributed by atoms with van der Waals surface area (Å²) in [4.78, 5) is 27.6. The summed E-state index contributed by atoms with van der Waals surface area (Å²) < 4.78 is 50.3. The third-order valence-corrected chi connectivity index (χ3v) is 6.46. The van der Waals surface area contributed by atoms with Crippen molar-refractivity contribution in [3.63, 3.8) is 0 Å². The number of sulfonamides is 1. The van der Waals surface area contributed by atoms with Gasteiger partial charge in [0, 0.05) is 19.2 Å². The van der Waals surface area contributed by atoms with Crippen LogP contribution in [0.1, 0.15) is 25.8 Å². The number of halogens is 1. The van der Waals surface area contributed by atoms with Crippen LogP contribution in [0.2, 0.25) is 0 Å². The number of benzene rings is 2. The van der Waals surface area contributed by atoms with Gasteiger partial charge in [-0.15, -0.1) is 0 Å². The second-order valence-electron chi connectivity index (χ2n) is 7.77. The van der Waals surface area contributed by atoms with Crippen molar-refractivity contribution in [1.82, 2.24) is 10.2 Å². The van der Waals surface area contributed by atoms with Crippen LogP contribution < -0.4 is 19.1 Å². The van der Waals surface area contributed by atoms with Crippen LogP contribution >= 0.6 is 0 Å². The van der Waals surface area contributed by atoms with Gasteiger partial charge in [-0.2, -0.15) is 0 Å². The summed E-state index contributed by atoms with van der Waals surface area (Å²) in [5, 5.41) is 2.71. The number of carbonyl (C=O) groups excluding carboxylic acids is 2. The minimum atomic E-state index is -3.93. The van der Waals surface area contributed by atoms with Crippen molar-refractivity contribution in [3.05, 3.63) is 53.8 Å². The number of hydrogen-bond acceptors (Lipinski definition) is 6. The van der Waals surface area contributed by atoms with Crippen molar-refractivity contribution in [3.8, 4) is 11.5 Å². The summed E-state index contributed by atoms with van der Waals surface area (Å²) in [5.41, 5.74) is 0.743. The molecule has 2 aromatic carbocycles. The molecule has 1 atom stereocenters. The fraction of sp³-hybridized carbons (Fsp3) is 0.417. The lowest BCUT2D eigenvalue weighted by molar-refractivity contribution is -0.140. The lowest BCUT2D eigenvalue weighted by Crippen LogP contribution is -2.52. The van der Waals surface area contributed by atoms with E-state index in [1.54, 1.807) is 19.9 Å². The molecule has 2 amide bonds. The number of ether oxygens (including phenoxy) is 2.